The number of nitrogens with one attached hydrogen (secondary N) is 1. The largest absolute Gasteiger partial charge is 0.317 e. The van der Waals surface area contributed by atoms with Gasteiger partial charge in [-0.25, -0.2) is 12.7 Å². The zero-order chi connectivity index (χ0) is 13.4. The van der Waals surface area contributed by atoms with Crippen molar-refractivity contribution in [2.45, 2.75) is 57.9 Å². The van der Waals surface area contributed by atoms with Crippen molar-refractivity contribution < 1.29 is 8.42 Å². The molecular formula is C13H28N2O2S. The van der Waals surface area contributed by atoms with Crippen LogP contribution in [0.15, 0.2) is 0 Å². The monoisotopic (exact) mass is 276 g/mol. The number of nitrogens with zero attached hydrogens (tertiary/aromatic N) is 1. The molecule has 0 aromatic heterocycles. The molecule has 1 rings (SSSR count). The highest BCUT2D eigenvalue weighted by Gasteiger charge is 2.26. The lowest BCUT2D eigenvalue weighted by Crippen LogP contribution is -2.39. The van der Waals surface area contributed by atoms with Crippen LogP contribution in [0.4, 0.5) is 0 Å². The van der Waals surface area contributed by atoms with Gasteiger partial charge in [-0.15, -0.1) is 0 Å². The molecule has 0 aliphatic heterocycles. The number of hydrogen-bond donors (Lipinski definition) is 1. The zero-order valence-corrected chi connectivity index (χ0v) is 12.6. The molecule has 0 atom stereocenters. The second-order valence-corrected chi connectivity index (χ2v) is 7.33. The summed E-state index contributed by atoms with van der Waals surface area (Å²) in [5.74, 6) is 0.297. The maximum absolute atomic E-state index is 12.2. The molecule has 1 aliphatic carbocycles. The van der Waals surface area contributed by atoms with Crippen molar-refractivity contribution in [2.75, 3.05) is 25.9 Å². The quantitative estimate of drug-likeness (QED) is 0.690. The van der Waals surface area contributed by atoms with Gasteiger partial charge in [0.15, 0.2) is 0 Å². The van der Waals surface area contributed by atoms with Crippen molar-refractivity contribution in [2.24, 2.45) is 0 Å². The number of hydrogen-bond acceptors (Lipinski definition) is 3. The van der Waals surface area contributed by atoms with Gasteiger partial charge >= 0.3 is 0 Å². The van der Waals surface area contributed by atoms with Crippen LogP contribution in [-0.2, 0) is 10.0 Å². The predicted octanol–water partition coefficient (Wildman–Crippen LogP) is 1.97. The van der Waals surface area contributed by atoms with Crippen LogP contribution in [0.2, 0.25) is 0 Å². The van der Waals surface area contributed by atoms with Crippen LogP contribution in [-0.4, -0.2) is 44.7 Å². The third-order valence-corrected chi connectivity index (χ3v) is 5.76. The first-order chi connectivity index (χ1) is 8.58. The van der Waals surface area contributed by atoms with Gasteiger partial charge in [0, 0.05) is 13.1 Å². The maximum Gasteiger partial charge on any atom is 0.214 e. The standard InChI is InChI=1S/C13H28N2O2S/c1-3-14-11-7-8-12-18(16,17)15(2)13-9-5-4-6-10-13/h13-14H,3-12H2,1-2H3. The highest BCUT2D eigenvalue weighted by molar-refractivity contribution is 7.89. The van der Waals surface area contributed by atoms with Crippen molar-refractivity contribution in [3.63, 3.8) is 0 Å². The topological polar surface area (TPSA) is 49.4 Å². The Hall–Kier alpha value is -0.130. The molecule has 5 heteroatoms. The number of unbranched alkanes of at least 4 members (excludes halogenated alkanes) is 1. The molecule has 0 amide bonds. The van der Waals surface area contributed by atoms with E-state index in [1.165, 1.54) is 19.3 Å². The van der Waals surface area contributed by atoms with Gasteiger partial charge < -0.3 is 5.32 Å². The Morgan fingerprint density at radius 3 is 2.44 bits per heavy atom. The molecule has 0 unspecified atom stereocenters. The van der Waals surface area contributed by atoms with E-state index in [2.05, 4.69) is 12.2 Å². The van der Waals surface area contributed by atoms with Crippen LogP contribution in [0.1, 0.15) is 51.9 Å². The van der Waals surface area contributed by atoms with E-state index < -0.39 is 10.0 Å². The Morgan fingerprint density at radius 1 is 1.17 bits per heavy atom. The van der Waals surface area contributed by atoms with Crippen molar-refractivity contribution in [3.8, 4) is 0 Å². The van der Waals surface area contributed by atoms with Gasteiger partial charge in [-0.2, -0.15) is 0 Å². The molecule has 0 radical (unpaired) electrons. The highest BCUT2D eigenvalue weighted by Crippen LogP contribution is 2.23. The third-order valence-electron chi connectivity index (χ3n) is 3.78. The fourth-order valence-corrected chi connectivity index (χ4v) is 4.05. The molecule has 0 heterocycles. The number of sulfonamides is 1. The molecule has 18 heavy (non-hydrogen) atoms. The van der Waals surface area contributed by atoms with Crippen molar-refractivity contribution in [3.05, 3.63) is 0 Å². The summed E-state index contributed by atoms with van der Waals surface area (Å²) in [5.41, 5.74) is 0. The van der Waals surface area contributed by atoms with Gasteiger partial charge in [-0.3, -0.25) is 0 Å². The van der Waals surface area contributed by atoms with Crippen molar-refractivity contribution >= 4 is 10.0 Å². The first kappa shape index (κ1) is 15.9. The van der Waals surface area contributed by atoms with Gasteiger partial charge in [-0.05, 0) is 38.8 Å². The second-order valence-electron chi connectivity index (χ2n) is 5.18. The molecule has 4 nitrogen and oxygen atoms in total. The fourth-order valence-electron chi connectivity index (χ4n) is 2.53. The van der Waals surface area contributed by atoms with E-state index in [0.717, 1.165) is 38.8 Å². The molecule has 0 saturated heterocycles. The van der Waals surface area contributed by atoms with Gasteiger partial charge in [0.1, 0.15) is 0 Å². The minimum absolute atomic E-state index is 0.248. The van der Waals surface area contributed by atoms with Crippen LogP contribution in [0, 0.1) is 0 Å². The molecule has 0 aromatic carbocycles. The van der Waals surface area contributed by atoms with Crippen LogP contribution < -0.4 is 5.32 Å². The van der Waals surface area contributed by atoms with E-state index >= 15 is 0 Å². The van der Waals surface area contributed by atoms with E-state index in [4.69, 9.17) is 0 Å². The van der Waals surface area contributed by atoms with Crippen LogP contribution >= 0.6 is 0 Å². The first-order valence-corrected chi connectivity index (χ1v) is 8.85. The third kappa shape index (κ3) is 5.24. The lowest BCUT2D eigenvalue weighted by molar-refractivity contribution is 0.285. The first-order valence-electron chi connectivity index (χ1n) is 7.24. The minimum atomic E-state index is -3.04. The van der Waals surface area contributed by atoms with Gasteiger partial charge in [0.25, 0.3) is 0 Å². The Morgan fingerprint density at radius 2 is 1.83 bits per heavy atom. The van der Waals surface area contributed by atoms with E-state index in [-0.39, 0.29) is 6.04 Å². The summed E-state index contributed by atoms with van der Waals surface area (Å²) in [7, 11) is -1.28. The zero-order valence-electron chi connectivity index (χ0n) is 11.8. The van der Waals surface area contributed by atoms with E-state index in [1.54, 1.807) is 11.4 Å². The maximum atomic E-state index is 12.2. The molecule has 108 valence electrons. The molecule has 0 spiro atoms. The van der Waals surface area contributed by atoms with Crippen molar-refractivity contribution in [1.82, 2.24) is 9.62 Å². The Kier molecular flexibility index (Phi) is 7.19. The predicted molar refractivity (Wildman–Crippen MR) is 76.2 cm³/mol. The second kappa shape index (κ2) is 8.12. The molecule has 1 N–H and O–H groups in total. The van der Waals surface area contributed by atoms with E-state index in [1.807, 2.05) is 0 Å². The molecule has 1 saturated carbocycles. The van der Waals surface area contributed by atoms with E-state index in [9.17, 15) is 8.42 Å². The number of rotatable bonds is 8. The van der Waals surface area contributed by atoms with Gasteiger partial charge in [0.2, 0.25) is 10.0 Å². The normalized spacial score (nSPS) is 18.4. The average molecular weight is 276 g/mol. The molecule has 0 bridgehead atoms. The Labute approximate surface area is 112 Å². The van der Waals surface area contributed by atoms with Crippen LogP contribution in [0.3, 0.4) is 0 Å². The molecule has 1 fully saturated rings. The average Bonchev–Trinajstić information content (AvgIpc) is 2.38. The van der Waals surface area contributed by atoms with Gasteiger partial charge in [-0.1, -0.05) is 26.2 Å². The smallest absolute Gasteiger partial charge is 0.214 e. The van der Waals surface area contributed by atoms with Crippen molar-refractivity contribution in [1.29, 1.82) is 0 Å². The summed E-state index contributed by atoms with van der Waals surface area (Å²) in [4.78, 5) is 0. The Balaban J connectivity index is 2.32. The SMILES string of the molecule is CCNCCCCS(=O)(=O)N(C)C1CCCCC1. The summed E-state index contributed by atoms with van der Waals surface area (Å²) < 4.78 is 26.0. The highest BCUT2D eigenvalue weighted by atomic mass is 32.2. The summed E-state index contributed by atoms with van der Waals surface area (Å²) in [6.45, 7) is 3.93. The summed E-state index contributed by atoms with van der Waals surface area (Å²) >= 11 is 0. The molecule has 1 aliphatic rings. The fraction of sp³-hybridized carbons (Fsp3) is 1.00. The van der Waals surface area contributed by atoms with E-state index in [0.29, 0.717) is 5.75 Å². The summed E-state index contributed by atoms with van der Waals surface area (Å²) in [6.07, 6.45) is 7.36. The summed E-state index contributed by atoms with van der Waals surface area (Å²) in [5, 5.41) is 3.22. The minimum Gasteiger partial charge on any atom is -0.317 e. The van der Waals surface area contributed by atoms with Crippen LogP contribution in [0.5, 0.6) is 0 Å². The lowest BCUT2D eigenvalue weighted by Gasteiger charge is -2.30. The molecule has 0 aromatic rings. The summed E-state index contributed by atoms with van der Waals surface area (Å²) in [6, 6.07) is 0.248. The van der Waals surface area contributed by atoms with Crippen LogP contribution in [0.25, 0.3) is 0 Å². The van der Waals surface area contributed by atoms with Gasteiger partial charge in [0.05, 0.1) is 5.75 Å². The Bertz CT molecular complexity index is 311. The molecular weight excluding hydrogens is 248 g/mol. The lowest BCUT2D eigenvalue weighted by atomic mass is 9.96.